The van der Waals surface area contributed by atoms with Crippen molar-refractivity contribution in [3.05, 3.63) is 29.6 Å². The normalized spacial score (nSPS) is 18.4. The maximum atomic E-state index is 13.5. The first kappa shape index (κ1) is 15.3. The first-order valence-electron chi connectivity index (χ1n) is 6.91. The number of rotatable bonds is 4. The fourth-order valence-corrected chi connectivity index (χ4v) is 2.48. The van der Waals surface area contributed by atoms with Gasteiger partial charge in [-0.15, -0.1) is 0 Å². The van der Waals surface area contributed by atoms with Crippen molar-refractivity contribution in [3.63, 3.8) is 0 Å². The maximum Gasteiger partial charge on any atom is 0.342 e. The van der Waals surface area contributed by atoms with Gasteiger partial charge in [0.2, 0.25) is 0 Å². The lowest BCUT2D eigenvalue weighted by Crippen LogP contribution is -2.41. The predicted molar refractivity (Wildman–Crippen MR) is 73.8 cm³/mol. The molecule has 0 radical (unpaired) electrons. The molecule has 1 heterocycles. The van der Waals surface area contributed by atoms with E-state index < -0.39 is 17.3 Å². The number of carboxylic acids is 1. The molecule has 1 aromatic rings. The van der Waals surface area contributed by atoms with Gasteiger partial charge in [0.05, 0.1) is 0 Å². The highest BCUT2D eigenvalue weighted by atomic mass is 19.1. The molecule has 5 nitrogen and oxygen atoms in total. The van der Waals surface area contributed by atoms with E-state index in [1.54, 1.807) is 4.90 Å². The predicted octanol–water partition coefficient (Wildman–Crippen LogP) is 2.16. The Kier molecular flexibility index (Phi) is 4.77. The summed E-state index contributed by atoms with van der Waals surface area (Å²) in [6.45, 7) is 3.16. The third-order valence-corrected chi connectivity index (χ3v) is 3.55. The van der Waals surface area contributed by atoms with Crippen LogP contribution in [0.25, 0.3) is 0 Å². The molecule has 1 N–H and O–H groups in total. The number of likely N-dealkylation sites (tertiary alicyclic amines) is 1. The molecule has 21 heavy (non-hydrogen) atoms. The first-order valence-corrected chi connectivity index (χ1v) is 6.91. The minimum atomic E-state index is -1.41. The van der Waals surface area contributed by atoms with Gasteiger partial charge < -0.3 is 14.7 Å². The zero-order chi connectivity index (χ0) is 15.4. The van der Waals surface area contributed by atoms with Gasteiger partial charge in [-0.1, -0.05) is 13.0 Å². The molecular formula is C15H18FNO4. The second kappa shape index (κ2) is 6.56. The molecule has 1 fully saturated rings. The molecule has 0 aromatic heterocycles. The molecule has 1 aliphatic rings. The van der Waals surface area contributed by atoms with Crippen LogP contribution in [0.15, 0.2) is 18.2 Å². The van der Waals surface area contributed by atoms with E-state index in [1.807, 2.05) is 0 Å². The summed E-state index contributed by atoms with van der Waals surface area (Å²) < 4.78 is 18.7. The van der Waals surface area contributed by atoms with E-state index in [1.165, 1.54) is 12.1 Å². The molecule has 1 aromatic carbocycles. The number of nitrogens with zero attached hydrogens (tertiary/aromatic N) is 1. The summed E-state index contributed by atoms with van der Waals surface area (Å²) in [7, 11) is 0. The average Bonchev–Trinajstić information content (AvgIpc) is 2.44. The Balaban J connectivity index is 2.01. The summed E-state index contributed by atoms with van der Waals surface area (Å²) in [4.78, 5) is 24.8. The Morgan fingerprint density at radius 3 is 2.90 bits per heavy atom. The van der Waals surface area contributed by atoms with Crippen molar-refractivity contribution < 1.29 is 23.8 Å². The number of hydrogen-bond acceptors (Lipinski definition) is 3. The van der Waals surface area contributed by atoms with Crippen LogP contribution >= 0.6 is 0 Å². The van der Waals surface area contributed by atoms with Crippen LogP contribution in [0, 0.1) is 11.7 Å². The highest BCUT2D eigenvalue weighted by Gasteiger charge is 2.22. The fourth-order valence-electron chi connectivity index (χ4n) is 2.48. The smallest absolute Gasteiger partial charge is 0.342 e. The second-order valence-electron chi connectivity index (χ2n) is 5.29. The molecule has 0 bridgehead atoms. The number of carbonyl (C=O) groups excluding carboxylic acids is 1. The number of amides is 1. The Morgan fingerprint density at radius 1 is 1.48 bits per heavy atom. The number of halogens is 1. The number of benzene rings is 1. The van der Waals surface area contributed by atoms with E-state index in [-0.39, 0.29) is 18.3 Å². The third kappa shape index (κ3) is 3.71. The summed E-state index contributed by atoms with van der Waals surface area (Å²) in [5, 5.41) is 8.98. The van der Waals surface area contributed by atoms with Crippen LogP contribution in [0.1, 0.15) is 30.1 Å². The van der Waals surface area contributed by atoms with E-state index in [4.69, 9.17) is 9.84 Å². The highest BCUT2D eigenvalue weighted by Crippen LogP contribution is 2.22. The van der Waals surface area contributed by atoms with Crippen molar-refractivity contribution in [1.82, 2.24) is 4.90 Å². The number of aromatic carboxylic acids is 1. The van der Waals surface area contributed by atoms with Crippen molar-refractivity contribution in [2.24, 2.45) is 5.92 Å². The molecule has 1 saturated heterocycles. The van der Waals surface area contributed by atoms with Gasteiger partial charge in [-0.2, -0.15) is 0 Å². The zero-order valence-electron chi connectivity index (χ0n) is 11.8. The molecular weight excluding hydrogens is 277 g/mol. The van der Waals surface area contributed by atoms with E-state index >= 15 is 0 Å². The zero-order valence-corrected chi connectivity index (χ0v) is 11.8. The van der Waals surface area contributed by atoms with E-state index in [9.17, 15) is 14.0 Å². The van der Waals surface area contributed by atoms with Crippen molar-refractivity contribution in [2.75, 3.05) is 19.7 Å². The maximum absolute atomic E-state index is 13.5. The van der Waals surface area contributed by atoms with Gasteiger partial charge in [-0.25, -0.2) is 9.18 Å². The SMILES string of the molecule is CC1CCCN(C(=O)COc2cccc(F)c2C(=O)O)C1. The van der Waals surface area contributed by atoms with Crippen LogP contribution in [-0.4, -0.2) is 41.6 Å². The summed E-state index contributed by atoms with van der Waals surface area (Å²) in [6, 6.07) is 3.74. The van der Waals surface area contributed by atoms with E-state index in [2.05, 4.69) is 6.92 Å². The van der Waals surface area contributed by atoms with Crippen LogP contribution in [0.2, 0.25) is 0 Å². The summed E-state index contributed by atoms with van der Waals surface area (Å²) in [6.07, 6.45) is 2.05. The van der Waals surface area contributed by atoms with E-state index in [0.717, 1.165) is 18.9 Å². The molecule has 1 unspecified atom stereocenters. The van der Waals surface area contributed by atoms with Gasteiger partial charge in [-0.05, 0) is 30.9 Å². The molecule has 1 atom stereocenters. The summed E-state index contributed by atoms with van der Waals surface area (Å²) in [5.41, 5.74) is -0.544. The minimum absolute atomic E-state index is 0.124. The number of carboxylic acid groups (broad SMARTS) is 1. The summed E-state index contributed by atoms with van der Waals surface area (Å²) >= 11 is 0. The fraction of sp³-hybridized carbons (Fsp3) is 0.467. The first-order chi connectivity index (χ1) is 9.99. The lowest BCUT2D eigenvalue weighted by atomic mass is 10.0. The number of ether oxygens (including phenoxy) is 1. The topological polar surface area (TPSA) is 66.8 Å². The van der Waals surface area contributed by atoms with Gasteiger partial charge in [0, 0.05) is 13.1 Å². The second-order valence-corrected chi connectivity index (χ2v) is 5.29. The number of piperidine rings is 1. The van der Waals surface area contributed by atoms with Crippen LogP contribution in [0.5, 0.6) is 5.75 Å². The van der Waals surface area contributed by atoms with Crippen LogP contribution in [-0.2, 0) is 4.79 Å². The standard InChI is InChI=1S/C15H18FNO4/c1-10-4-3-7-17(8-10)13(18)9-21-12-6-2-5-11(16)14(12)15(19)20/h2,5-6,10H,3-4,7-9H2,1H3,(H,19,20). The van der Waals surface area contributed by atoms with Gasteiger partial charge >= 0.3 is 5.97 Å². The lowest BCUT2D eigenvalue weighted by Gasteiger charge is -2.30. The monoisotopic (exact) mass is 295 g/mol. The Bertz CT molecular complexity index is 546. The van der Waals surface area contributed by atoms with E-state index in [0.29, 0.717) is 19.0 Å². The van der Waals surface area contributed by atoms with Gasteiger partial charge in [0.15, 0.2) is 6.61 Å². The molecule has 1 amide bonds. The van der Waals surface area contributed by atoms with Crippen LogP contribution < -0.4 is 4.74 Å². The average molecular weight is 295 g/mol. The van der Waals surface area contributed by atoms with Gasteiger partial charge in [-0.3, -0.25) is 4.79 Å². The quantitative estimate of drug-likeness (QED) is 0.924. The van der Waals surface area contributed by atoms with Crippen molar-refractivity contribution in [3.8, 4) is 5.75 Å². The molecule has 0 spiro atoms. The number of hydrogen-bond donors (Lipinski definition) is 1. The third-order valence-electron chi connectivity index (χ3n) is 3.55. The molecule has 6 heteroatoms. The van der Waals surface area contributed by atoms with Crippen LogP contribution in [0.4, 0.5) is 4.39 Å². The molecule has 0 saturated carbocycles. The molecule has 0 aliphatic carbocycles. The van der Waals surface area contributed by atoms with Crippen molar-refractivity contribution in [2.45, 2.75) is 19.8 Å². The van der Waals surface area contributed by atoms with Gasteiger partial charge in [0.1, 0.15) is 17.1 Å². The highest BCUT2D eigenvalue weighted by molar-refractivity contribution is 5.91. The summed E-state index contributed by atoms with van der Waals surface area (Å²) in [5.74, 6) is -2.17. The Hall–Kier alpha value is -2.11. The lowest BCUT2D eigenvalue weighted by molar-refractivity contribution is -0.135. The number of carbonyl (C=O) groups is 2. The Morgan fingerprint density at radius 2 is 2.24 bits per heavy atom. The minimum Gasteiger partial charge on any atom is -0.483 e. The van der Waals surface area contributed by atoms with Crippen molar-refractivity contribution >= 4 is 11.9 Å². The largest absolute Gasteiger partial charge is 0.483 e. The molecule has 2 rings (SSSR count). The van der Waals surface area contributed by atoms with Crippen molar-refractivity contribution in [1.29, 1.82) is 0 Å². The van der Waals surface area contributed by atoms with Gasteiger partial charge in [0.25, 0.3) is 5.91 Å². The Labute approximate surface area is 122 Å². The molecule has 1 aliphatic heterocycles. The van der Waals surface area contributed by atoms with Crippen LogP contribution in [0.3, 0.4) is 0 Å². The molecule has 114 valence electrons.